The maximum Gasteiger partial charge on any atom is 0.222 e. The van der Waals surface area contributed by atoms with Gasteiger partial charge in [-0.1, -0.05) is 13.0 Å². The predicted octanol–water partition coefficient (Wildman–Crippen LogP) is 1.17. The molecule has 114 valence electrons. The maximum absolute atomic E-state index is 11.8. The first-order valence-electron chi connectivity index (χ1n) is 7.89. The van der Waals surface area contributed by atoms with Gasteiger partial charge in [-0.3, -0.25) is 14.7 Å². The molecular formula is C16H24N4O. The fraction of sp³-hybridized carbons (Fsp3) is 0.625. The number of amides is 1. The molecule has 1 aromatic heterocycles. The van der Waals surface area contributed by atoms with Crippen molar-refractivity contribution in [2.24, 2.45) is 5.73 Å². The van der Waals surface area contributed by atoms with Crippen LogP contribution in [0.15, 0.2) is 24.5 Å². The number of pyridine rings is 1. The molecule has 0 spiro atoms. The van der Waals surface area contributed by atoms with Gasteiger partial charge in [-0.25, -0.2) is 0 Å². The van der Waals surface area contributed by atoms with Crippen LogP contribution < -0.4 is 5.73 Å². The summed E-state index contributed by atoms with van der Waals surface area (Å²) in [5.41, 5.74) is 7.58. The van der Waals surface area contributed by atoms with Crippen LogP contribution in [-0.4, -0.2) is 52.4 Å². The van der Waals surface area contributed by atoms with Gasteiger partial charge >= 0.3 is 0 Å². The lowest BCUT2D eigenvalue weighted by Crippen LogP contribution is -2.54. The monoisotopic (exact) mass is 288 g/mol. The Labute approximate surface area is 126 Å². The Kier molecular flexibility index (Phi) is 4.22. The van der Waals surface area contributed by atoms with Crippen molar-refractivity contribution in [1.29, 1.82) is 0 Å². The highest BCUT2D eigenvalue weighted by atomic mass is 16.2. The normalized spacial score (nSPS) is 25.7. The molecule has 0 saturated carbocycles. The molecule has 5 nitrogen and oxygen atoms in total. The van der Waals surface area contributed by atoms with E-state index >= 15 is 0 Å². The highest BCUT2D eigenvalue weighted by Gasteiger charge is 2.38. The molecule has 2 aliphatic rings. The summed E-state index contributed by atoms with van der Waals surface area (Å²) in [4.78, 5) is 20.6. The van der Waals surface area contributed by atoms with Crippen LogP contribution >= 0.6 is 0 Å². The number of piperazine rings is 1. The van der Waals surface area contributed by atoms with Crippen LogP contribution in [0.2, 0.25) is 0 Å². The first kappa shape index (κ1) is 14.5. The van der Waals surface area contributed by atoms with Crippen molar-refractivity contribution < 1.29 is 4.79 Å². The molecular weight excluding hydrogens is 264 g/mol. The van der Waals surface area contributed by atoms with Crippen molar-refractivity contribution in [3.8, 4) is 0 Å². The SMILES string of the molecule is CCC(N)C(c1cccnc1)N1CCN2C(=O)CCC2C1. The van der Waals surface area contributed by atoms with Crippen LogP contribution in [0.5, 0.6) is 0 Å². The lowest BCUT2D eigenvalue weighted by atomic mass is 9.96. The van der Waals surface area contributed by atoms with E-state index in [9.17, 15) is 4.79 Å². The molecule has 0 aromatic carbocycles. The van der Waals surface area contributed by atoms with E-state index in [1.165, 1.54) is 5.56 Å². The summed E-state index contributed by atoms with van der Waals surface area (Å²) < 4.78 is 0. The highest BCUT2D eigenvalue weighted by molar-refractivity contribution is 5.78. The van der Waals surface area contributed by atoms with Crippen molar-refractivity contribution in [3.05, 3.63) is 30.1 Å². The van der Waals surface area contributed by atoms with E-state index in [0.717, 1.165) is 32.5 Å². The van der Waals surface area contributed by atoms with E-state index in [1.54, 1.807) is 6.20 Å². The Balaban J connectivity index is 1.80. The molecule has 3 rings (SSSR count). The molecule has 2 fully saturated rings. The molecule has 3 heterocycles. The minimum Gasteiger partial charge on any atom is -0.337 e. The number of rotatable bonds is 4. The topological polar surface area (TPSA) is 62.5 Å². The smallest absolute Gasteiger partial charge is 0.222 e. The average Bonchev–Trinajstić information content (AvgIpc) is 2.89. The Morgan fingerprint density at radius 3 is 3.05 bits per heavy atom. The molecule has 0 aliphatic carbocycles. The fourth-order valence-corrected chi connectivity index (χ4v) is 3.64. The summed E-state index contributed by atoms with van der Waals surface area (Å²) in [6.07, 6.45) is 6.34. The molecule has 21 heavy (non-hydrogen) atoms. The Hall–Kier alpha value is -1.46. The number of hydrogen-bond acceptors (Lipinski definition) is 4. The lowest BCUT2D eigenvalue weighted by Gasteiger charge is -2.43. The summed E-state index contributed by atoms with van der Waals surface area (Å²) in [5, 5.41) is 0. The number of carbonyl (C=O) groups excluding carboxylic acids is 1. The maximum atomic E-state index is 11.8. The number of hydrogen-bond donors (Lipinski definition) is 1. The van der Waals surface area contributed by atoms with Crippen LogP contribution in [0.25, 0.3) is 0 Å². The average molecular weight is 288 g/mol. The van der Waals surface area contributed by atoms with Crippen LogP contribution in [0.4, 0.5) is 0 Å². The molecule has 3 unspecified atom stereocenters. The summed E-state index contributed by atoms with van der Waals surface area (Å²) in [5.74, 6) is 0.317. The molecule has 0 bridgehead atoms. The zero-order chi connectivity index (χ0) is 14.8. The highest BCUT2D eigenvalue weighted by Crippen LogP contribution is 2.30. The molecule has 2 saturated heterocycles. The standard InChI is InChI=1S/C16H24N4O/c1-2-14(17)16(12-4-3-7-18-10-12)19-8-9-20-13(11-19)5-6-15(20)21/h3-4,7,10,13-14,16H,2,5-6,8-9,11,17H2,1H3. The first-order valence-corrected chi connectivity index (χ1v) is 7.89. The number of fused-ring (bicyclic) bond motifs is 1. The largest absolute Gasteiger partial charge is 0.337 e. The van der Waals surface area contributed by atoms with Gasteiger partial charge in [-0.15, -0.1) is 0 Å². The van der Waals surface area contributed by atoms with Crippen molar-refractivity contribution >= 4 is 5.91 Å². The van der Waals surface area contributed by atoms with Crippen molar-refractivity contribution in [2.75, 3.05) is 19.6 Å². The van der Waals surface area contributed by atoms with E-state index in [2.05, 4.69) is 22.9 Å². The number of carbonyl (C=O) groups is 1. The third kappa shape index (κ3) is 2.80. The summed E-state index contributed by atoms with van der Waals surface area (Å²) in [6.45, 7) is 4.79. The Bertz CT molecular complexity index is 492. The molecule has 1 aromatic rings. The van der Waals surface area contributed by atoms with Crippen LogP contribution in [0.3, 0.4) is 0 Å². The second-order valence-corrected chi connectivity index (χ2v) is 6.08. The van der Waals surface area contributed by atoms with Gasteiger partial charge in [-0.2, -0.15) is 0 Å². The van der Waals surface area contributed by atoms with Gasteiger partial charge in [0.15, 0.2) is 0 Å². The van der Waals surface area contributed by atoms with Crippen molar-refractivity contribution in [2.45, 2.75) is 44.3 Å². The van der Waals surface area contributed by atoms with Gasteiger partial charge in [0.25, 0.3) is 0 Å². The molecule has 2 N–H and O–H groups in total. The third-order valence-electron chi connectivity index (χ3n) is 4.82. The van der Waals surface area contributed by atoms with Crippen LogP contribution in [0.1, 0.15) is 37.8 Å². The van der Waals surface area contributed by atoms with E-state index < -0.39 is 0 Å². The quantitative estimate of drug-likeness (QED) is 0.903. The minimum atomic E-state index is 0.0952. The van der Waals surface area contributed by atoms with Crippen molar-refractivity contribution in [3.63, 3.8) is 0 Å². The van der Waals surface area contributed by atoms with Gasteiger partial charge in [0.05, 0.1) is 6.04 Å². The molecule has 2 aliphatic heterocycles. The zero-order valence-corrected chi connectivity index (χ0v) is 12.6. The summed E-state index contributed by atoms with van der Waals surface area (Å²) >= 11 is 0. The number of nitrogens with zero attached hydrogens (tertiary/aromatic N) is 3. The van der Waals surface area contributed by atoms with Gasteiger partial charge in [0, 0.05) is 50.5 Å². The van der Waals surface area contributed by atoms with Gasteiger partial charge in [-0.05, 0) is 24.5 Å². The van der Waals surface area contributed by atoms with Crippen molar-refractivity contribution in [1.82, 2.24) is 14.8 Å². The molecule has 0 radical (unpaired) electrons. The van der Waals surface area contributed by atoms with E-state index in [-0.39, 0.29) is 12.1 Å². The first-order chi connectivity index (χ1) is 10.2. The van der Waals surface area contributed by atoms with Gasteiger partial charge in [0.1, 0.15) is 0 Å². The van der Waals surface area contributed by atoms with E-state index in [0.29, 0.717) is 18.4 Å². The zero-order valence-electron chi connectivity index (χ0n) is 12.6. The number of aromatic nitrogens is 1. The molecule has 1 amide bonds. The Morgan fingerprint density at radius 1 is 1.48 bits per heavy atom. The number of nitrogens with two attached hydrogens (primary N) is 1. The third-order valence-corrected chi connectivity index (χ3v) is 4.82. The second kappa shape index (κ2) is 6.12. The van der Waals surface area contributed by atoms with Crippen LogP contribution in [-0.2, 0) is 4.79 Å². The summed E-state index contributed by atoms with van der Waals surface area (Å²) in [7, 11) is 0. The predicted molar refractivity (Wildman–Crippen MR) is 81.6 cm³/mol. The van der Waals surface area contributed by atoms with Crippen LogP contribution in [0, 0.1) is 0 Å². The van der Waals surface area contributed by atoms with Gasteiger partial charge in [0.2, 0.25) is 5.91 Å². The Morgan fingerprint density at radius 2 is 2.33 bits per heavy atom. The minimum absolute atomic E-state index is 0.0952. The molecule has 3 atom stereocenters. The van der Waals surface area contributed by atoms with E-state index in [4.69, 9.17) is 5.73 Å². The van der Waals surface area contributed by atoms with E-state index in [1.807, 2.05) is 17.2 Å². The second-order valence-electron chi connectivity index (χ2n) is 6.08. The fourth-order valence-electron chi connectivity index (χ4n) is 3.64. The lowest BCUT2D eigenvalue weighted by molar-refractivity contribution is -0.131. The van der Waals surface area contributed by atoms with Gasteiger partial charge < -0.3 is 10.6 Å². The molecule has 5 heteroatoms. The summed E-state index contributed by atoms with van der Waals surface area (Å²) in [6, 6.07) is 4.74.